The second-order valence-electron chi connectivity index (χ2n) is 3.92. The molecule has 0 radical (unpaired) electrons. The highest BCUT2D eigenvalue weighted by Gasteiger charge is 2.09. The minimum absolute atomic E-state index is 0.0863. The third kappa shape index (κ3) is 4.14. The lowest BCUT2D eigenvalue weighted by atomic mass is 10.1. The second-order valence-corrected chi connectivity index (χ2v) is 6.28. The van der Waals surface area contributed by atoms with Crippen molar-refractivity contribution in [1.82, 2.24) is 0 Å². The minimum atomic E-state index is -0.907. The summed E-state index contributed by atoms with van der Waals surface area (Å²) >= 11 is 3.73. The van der Waals surface area contributed by atoms with Crippen LogP contribution in [0.15, 0.2) is 52.3 Å². The van der Waals surface area contributed by atoms with Crippen molar-refractivity contribution in [3.05, 3.63) is 51.6 Å². The van der Waals surface area contributed by atoms with E-state index in [1.165, 1.54) is 17.8 Å². The van der Waals surface area contributed by atoms with Crippen LogP contribution in [0, 0.1) is 3.57 Å². The Labute approximate surface area is 128 Å². The first-order valence-corrected chi connectivity index (χ1v) is 7.41. The van der Waals surface area contributed by atoms with Gasteiger partial charge in [-0.1, -0.05) is 11.8 Å². The molecule has 0 aliphatic rings. The maximum Gasteiger partial charge on any atom is 0.307 e. The molecular weight excluding hydrogens is 375 g/mol. The number of aliphatic carboxylic acids is 1. The van der Waals surface area contributed by atoms with E-state index in [2.05, 4.69) is 22.6 Å². The number of phenols is 1. The molecule has 2 N–H and O–H groups in total. The topological polar surface area (TPSA) is 57.5 Å². The van der Waals surface area contributed by atoms with E-state index < -0.39 is 5.97 Å². The maximum atomic E-state index is 10.8. The van der Waals surface area contributed by atoms with Gasteiger partial charge in [-0.15, -0.1) is 0 Å². The number of halogens is 1. The van der Waals surface area contributed by atoms with Crippen molar-refractivity contribution in [1.29, 1.82) is 0 Å². The number of aromatic hydroxyl groups is 1. The number of hydrogen-bond acceptors (Lipinski definition) is 3. The third-order valence-electron chi connectivity index (χ3n) is 2.43. The molecule has 0 saturated heterocycles. The first kappa shape index (κ1) is 14.2. The van der Waals surface area contributed by atoms with Crippen LogP contribution in [0.25, 0.3) is 0 Å². The van der Waals surface area contributed by atoms with Gasteiger partial charge in [-0.3, -0.25) is 4.79 Å². The number of carbonyl (C=O) groups is 1. The van der Waals surface area contributed by atoms with Gasteiger partial charge in [0.05, 0.1) is 6.42 Å². The van der Waals surface area contributed by atoms with Crippen molar-refractivity contribution in [3.8, 4) is 5.75 Å². The van der Waals surface area contributed by atoms with Gasteiger partial charge < -0.3 is 10.2 Å². The zero-order valence-corrected chi connectivity index (χ0v) is 12.8. The Hall–Kier alpha value is -1.21. The van der Waals surface area contributed by atoms with Crippen molar-refractivity contribution in [3.63, 3.8) is 0 Å². The largest absolute Gasteiger partial charge is 0.508 e. The van der Waals surface area contributed by atoms with Gasteiger partial charge in [0.25, 0.3) is 0 Å². The molecule has 0 aromatic heterocycles. The molecule has 98 valence electrons. The molecule has 0 heterocycles. The molecule has 2 rings (SSSR count). The second kappa shape index (κ2) is 6.29. The fraction of sp³-hybridized carbons (Fsp3) is 0.0714. The van der Waals surface area contributed by atoms with Crippen LogP contribution in [0.4, 0.5) is 0 Å². The number of carboxylic acids is 1. The Bertz CT molecular complexity index is 596. The third-order valence-corrected chi connectivity index (χ3v) is 4.27. The summed E-state index contributed by atoms with van der Waals surface area (Å²) in [5.74, 6) is -0.821. The highest BCUT2D eigenvalue weighted by Crippen LogP contribution is 2.32. The quantitative estimate of drug-likeness (QED) is 0.786. The first-order chi connectivity index (χ1) is 9.04. The molecule has 0 aliphatic heterocycles. The van der Waals surface area contributed by atoms with Crippen molar-refractivity contribution in [2.45, 2.75) is 16.2 Å². The lowest BCUT2D eigenvalue weighted by Gasteiger charge is -2.08. The summed E-state index contributed by atoms with van der Waals surface area (Å²) in [5, 5.41) is 18.3. The molecule has 0 unspecified atom stereocenters. The molecule has 0 spiro atoms. The van der Waals surface area contributed by atoms with Crippen molar-refractivity contribution < 1.29 is 15.0 Å². The average Bonchev–Trinajstić information content (AvgIpc) is 2.34. The fourth-order valence-electron chi connectivity index (χ4n) is 1.60. The monoisotopic (exact) mass is 386 g/mol. The number of carboxylic acid groups (broad SMARTS) is 1. The van der Waals surface area contributed by atoms with Crippen LogP contribution in [-0.2, 0) is 11.2 Å². The summed E-state index contributed by atoms with van der Waals surface area (Å²) in [6, 6.07) is 12.8. The maximum absolute atomic E-state index is 10.8. The predicted molar refractivity (Wildman–Crippen MR) is 82.7 cm³/mol. The summed E-state index contributed by atoms with van der Waals surface area (Å²) in [6.07, 6.45) is -0.0961. The predicted octanol–water partition coefficient (Wildman–Crippen LogP) is 3.78. The number of phenolic OH excluding ortho intramolecular Hbond substituents is 1. The molecule has 0 fully saturated rings. The van der Waals surface area contributed by atoms with Crippen molar-refractivity contribution in [2.75, 3.05) is 0 Å². The van der Waals surface area contributed by atoms with Crippen molar-refractivity contribution >= 4 is 40.3 Å². The van der Waals surface area contributed by atoms with Crippen LogP contribution in [0.1, 0.15) is 5.56 Å². The molecule has 0 atom stereocenters. The van der Waals surface area contributed by atoms with Gasteiger partial charge in [0.15, 0.2) is 0 Å². The van der Waals surface area contributed by atoms with Gasteiger partial charge in [-0.25, -0.2) is 0 Å². The van der Waals surface area contributed by atoms with E-state index in [0.717, 1.165) is 13.4 Å². The number of benzene rings is 2. The lowest BCUT2D eigenvalue weighted by molar-refractivity contribution is -0.136. The Morgan fingerprint density at radius 3 is 2.47 bits per heavy atom. The Morgan fingerprint density at radius 1 is 1.16 bits per heavy atom. The van der Waals surface area contributed by atoms with E-state index in [1.807, 2.05) is 24.3 Å². The fourth-order valence-corrected chi connectivity index (χ4v) is 2.88. The summed E-state index contributed by atoms with van der Waals surface area (Å²) in [4.78, 5) is 12.7. The van der Waals surface area contributed by atoms with Crippen LogP contribution >= 0.6 is 34.4 Å². The molecule has 0 amide bonds. The summed E-state index contributed by atoms with van der Waals surface area (Å²) in [6.45, 7) is 0. The Balaban J connectivity index is 2.28. The molecule has 0 aliphatic carbocycles. The Morgan fingerprint density at radius 2 is 1.84 bits per heavy atom. The van der Waals surface area contributed by atoms with Crippen LogP contribution in [0.3, 0.4) is 0 Å². The standard InChI is InChI=1S/C14H11IO3S/c15-10-1-4-12(5-2-10)19-13-6-3-11(16)7-9(13)8-14(17)18/h1-7,16H,8H2,(H,17,18). The van der Waals surface area contributed by atoms with Gasteiger partial charge in [0.1, 0.15) is 5.75 Å². The van der Waals surface area contributed by atoms with E-state index in [9.17, 15) is 9.90 Å². The number of hydrogen-bond donors (Lipinski definition) is 2. The average molecular weight is 386 g/mol. The Kier molecular flexibility index (Phi) is 4.71. The molecule has 5 heteroatoms. The van der Waals surface area contributed by atoms with Gasteiger partial charge in [-0.05, 0) is 70.6 Å². The summed E-state index contributed by atoms with van der Waals surface area (Å²) in [7, 11) is 0. The van der Waals surface area contributed by atoms with Gasteiger partial charge >= 0.3 is 5.97 Å². The van der Waals surface area contributed by atoms with Gasteiger partial charge in [0, 0.05) is 13.4 Å². The van der Waals surface area contributed by atoms with Gasteiger partial charge in [-0.2, -0.15) is 0 Å². The molecular formula is C14H11IO3S. The van der Waals surface area contributed by atoms with Crippen molar-refractivity contribution in [2.24, 2.45) is 0 Å². The van der Waals surface area contributed by atoms with Crippen LogP contribution < -0.4 is 0 Å². The van der Waals surface area contributed by atoms with E-state index in [0.29, 0.717) is 5.56 Å². The molecule has 19 heavy (non-hydrogen) atoms. The van der Waals surface area contributed by atoms with Crippen LogP contribution in [-0.4, -0.2) is 16.2 Å². The molecule has 2 aromatic rings. The summed E-state index contributed by atoms with van der Waals surface area (Å²) < 4.78 is 1.15. The van der Waals surface area contributed by atoms with Crippen LogP contribution in [0.2, 0.25) is 0 Å². The van der Waals surface area contributed by atoms with Crippen LogP contribution in [0.5, 0.6) is 5.75 Å². The first-order valence-electron chi connectivity index (χ1n) is 5.52. The highest BCUT2D eigenvalue weighted by atomic mass is 127. The molecule has 3 nitrogen and oxygen atoms in total. The molecule has 0 bridgehead atoms. The number of rotatable bonds is 4. The molecule has 0 saturated carbocycles. The zero-order chi connectivity index (χ0) is 13.8. The smallest absolute Gasteiger partial charge is 0.307 e. The van der Waals surface area contributed by atoms with E-state index >= 15 is 0 Å². The lowest BCUT2D eigenvalue weighted by Crippen LogP contribution is -2.01. The van der Waals surface area contributed by atoms with E-state index in [-0.39, 0.29) is 12.2 Å². The molecule has 2 aromatic carbocycles. The zero-order valence-electron chi connectivity index (χ0n) is 9.84. The normalized spacial score (nSPS) is 10.4. The highest BCUT2D eigenvalue weighted by molar-refractivity contribution is 14.1. The minimum Gasteiger partial charge on any atom is -0.508 e. The van der Waals surface area contributed by atoms with E-state index in [4.69, 9.17) is 5.11 Å². The van der Waals surface area contributed by atoms with E-state index in [1.54, 1.807) is 12.1 Å². The SMILES string of the molecule is O=C(O)Cc1cc(O)ccc1Sc1ccc(I)cc1. The summed E-state index contributed by atoms with van der Waals surface area (Å²) in [5.41, 5.74) is 0.621. The van der Waals surface area contributed by atoms with Gasteiger partial charge in [0.2, 0.25) is 0 Å².